The number of hydrogen-bond acceptors (Lipinski definition) is 3. The van der Waals surface area contributed by atoms with Gasteiger partial charge in [0.05, 0.1) is 10.0 Å². The van der Waals surface area contributed by atoms with Gasteiger partial charge in [0.25, 0.3) is 0 Å². The third kappa shape index (κ3) is 3.02. The first-order chi connectivity index (χ1) is 7.20. The van der Waals surface area contributed by atoms with Crippen molar-refractivity contribution in [3.05, 3.63) is 22.2 Å². The molecule has 4 N–H and O–H groups in total. The van der Waals surface area contributed by atoms with Crippen molar-refractivity contribution in [1.82, 2.24) is 0 Å². The van der Waals surface area contributed by atoms with Crippen LogP contribution in [0.4, 0.5) is 18.9 Å². The molecule has 0 saturated carbocycles. The van der Waals surface area contributed by atoms with Crippen molar-refractivity contribution in [2.75, 3.05) is 5.73 Å². The van der Waals surface area contributed by atoms with Crippen LogP contribution >= 0.6 is 15.9 Å². The van der Waals surface area contributed by atoms with E-state index in [9.17, 15) is 18.0 Å². The van der Waals surface area contributed by atoms with Crippen molar-refractivity contribution in [3.63, 3.8) is 0 Å². The standard InChI is InChI=1S/C8H6BrF3N2O2/c9-6-4(7(14)15)1-3(13)2-5(6)16-8(10,11)12/h1-2H,13H2,(H2,14,15). The molecule has 0 unspecified atom stereocenters. The summed E-state index contributed by atoms with van der Waals surface area (Å²) in [5.41, 5.74) is 10.0. The molecule has 0 bridgehead atoms. The highest BCUT2D eigenvalue weighted by molar-refractivity contribution is 9.10. The highest BCUT2D eigenvalue weighted by Gasteiger charge is 2.32. The van der Waals surface area contributed by atoms with E-state index in [0.29, 0.717) is 0 Å². The van der Waals surface area contributed by atoms with E-state index in [1.807, 2.05) is 0 Å². The molecule has 0 fully saturated rings. The molecule has 4 nitrogen and oxygen atoms in total. The van der Waals surface area contributed by atoms with Crippen LogP contribution < -0.4 is 16.2 Å². The number of halogens is 4. The van der Waals surface area contributed by atoms with Crippen molar-refractivity contribution in [1.29, 1.82) is 0 Å². The number of alkyl halides is 3. The number of carbonyl (C=O) groups is 1. The van der Waals surface area contributed by atoms with E-state index >= 15 is 0 Å². The van der Waals surface area contributed by atoms with Crippen LogP contribution in [0.15, 0.2) is 16.6 Å². The molecule has 0 saturated heterocycles. The number of rotatable bonds is 2. The van der Waals surface area contributed by atoms with Crippen LogP contribution in [0.25, 0.3) is 0 Å². The van der Waals surface area contributed by atoms with Crippen LogP contribution in [-0.4, -0.2) is 12.3 Å². The Kier molecular flexibility index (Phi) is 3.32. The number of primary amides is 1. The molecule has 8 heteroatoms. The molecule has 88 valence electrons. The predicted molar refractivity (Wildman–Crippen MR) is 53.8 cm³/mol. The quantitative estimate of drug-likeness (QED) is 0.820. The highest BCUT2D eigenvalue weighted by atomic mass is 79.9. The Morgan fingerprint density at radius 1 is 1.38 bits per heavy atom. The van der Waals surface area contributed by atoms with Crippen LogP contribution in [0.2, 0.25) is 0 Å². The van der Waals surface area contributed by atoms with E-state index in [1.165, 1.54) is 0 Å². The largest absolute Gasteiger partial charge is 0.573 e. The lowest BCUT2D eigenvalue weighted by Gasteiger charge is -2.12. The van der Waals surface area contributed by atoms with Crippen molar-refractivity contribution in [3.8, 4) is 5.75 Å². The number of benzene rings is 1. The molecule has 0 aliphatic heterocycles. The fourth-order valence-corrected chi connectivity index (χ4v) is 1.50. The van der Waals surface area contributed by atoms with Gasteiger partial charge in [0.2, 0.25) is 5.91 Å². The molecule has 0 aliphatic carbocycles. The zero-order valence-corrected chi connectivity index (χ0v) is 9.22. The minimum atomic E-state index is -4.87. The molecule has 0 spiro atoms. The van der Waals surface area contributed by atoms with Gasteiger partial charge in [-0.3, -0.25) is 4.79 Å². The van der Waals surface area contributed by atoms with Crippen LogP contribution in [-0.2, 0) is 0 Å². The fourth-order valence-electron chi connectivity index (χ4n) is 0.997. The summed E-state index contributed by atoms with van der Waals surface area (Å²) in [6, 6.07) is 2.08. The molecular formula is C8H6BrF3N2O2. The van der Waals surface area contributed by atoms with Crippen LogP contribution in [0.3, 0.4) is 0 Å². The van der Waals surface area contributed by atoms with E-state index in [-0.39, 0.29) is 15.7 Å². The zero-order chi connectivity index (χ0) is 12.5. The monoisotopic (exact) mass is 298 g/mol. The molecular weight excluding hydrogens is 293 g/mol. The normalized spacial score (nSPS) is 11.2. The van der Waals surface area contributed by atoms with Crippen molar-refractivity contribution < 1.29 is 22.7 Å². The van der Waals surface area contributed by atoms with E-state index in [2.05, 4.69) is 20.7 Å². The van der Waals surface area contributed by atoms with Gasteiger partial charge in [-0.2, -0.15) is 0 Å². The molecule has 0 atom stereocenters. The number of nitrogen functional groups attached to an aromatic ring is 1. The molecule has 0 aliphatic rings. The Hall–Kier alpha value is -1.44. The molecule has 1 aromatic rings. The average molecular weight is 299 g/mol. The Bertz CT molecular complexity index is 434. The summed E-state index contributed by atoms with van der Waals surface area (Å²) < 4.78 is 39.4. The van der Waals surface area contributed by atoms with Crippen LogP contribution in [0.5, 0.6) is 5.75 Å². The topological polar surface area (TPSA) is 78.3 Å². The lowest BCUT2D eigenvalue weighted by atomic mass is 10.2. The molecule has 1 aromatic carbocycles. The highest BCUT2D eigenvalue weighted by Crippen LogP contribution is 2.34. The van der Waals surface area contributed by atoms with Crippen LogP contribution in [0.1, 0.15) is 10.4 Å². The Morgan fingerprint density at radius 3 is 2.38 bits per heavy atom. The van der Waals surface area contributed by atoms with Crippen LogP contribution in [0, 0.1) is 0 Å². The number of ether oxygens (including phenoxy) is 1. The van der Waals surface area contributed by atoms with Gasteiger partial charge in [-0.15, -0.1) is 13.2 Å². The van der Waals surface area contributed by atoms with Crippen molar-refractivity contribution >= 4 is 27.5 Å². The minimum Gasteiger partial charge on any atom is -0.404 e. The van der Waals surface area contributed by atoms with Gasteiger partial charge < -0.3 is 16.2 Å². The van der Waals surface area contributed by atoms with Gasteiger partial charge in [-0.05, 0) is 22.0 Å². The van der Waals surface area contributed by atoms with Gasteiger partial charge in [-0.25, -0.2) is 0 Å². The Morgan fingerprint density at radius 2 is 1.94 bits per heavy atom. The molecule has 1 amide bonds. The summed E-state index contributed by atoms with van der Waals surface area (Å²) in [6.07, 6.45) is -4.87. The summed E-state index contributed by atoms with van der Waals surface area (Å²) in [6.45, 7) is 0. The minimum absolute atomic E-state index is 0.0590. The maximum Gasteiger partial charge on any atom is 0.573 e. The molecule has 16 heavy (non-hydrogen) atoms. The van der Waals surface area contributed by atoms with Gasteiger partial charge in [0.1, 0.15) is 5.75 Å². The Balaban J connectivity index is 3.25. The molecule has 0 heterocycles. The summed E-state index contributed by atoms with van der Waals surface area (Å²) in [5.74, 6) is -1.52. The average Bonchev–Trinajstić information content (AvgIpc) is 2.07. The predicted octanol–water partition coefficient (Wildman–Crippen LogP) is 2.03. The third-order valence-electron chi connectivity index (χ3n) is 1.55. The van der Waals surface area contributed by atoms with Gasteiger partial charge in [-0.1, -0.05) is 0 Å². The van der Waals surface area contributed by atoms with Gasteiger partial charge in [0, 0.05) is 11.8 Å². The lowest BCUT2D eigenvalue weighted by Crippen LogP contribution is -2.19. The second kappa shape index (κ2) is 4.20. The number of anilines is 1. The van der Waals surface area contributed by atoms with E-state index in [1.54, 1.807) is 0 Å². The molecule has 1 rings (SSSR count). The maximum atomic E-state index is 12.0. The number of amides is 1. The summed E-state index contributed by atoms with van der Waals surface area (Å²) in [4.78, 5) is 10.9. The number of hydrogen-bond donors (Lipinski definition) is 2. The van der Waals surface area contributed by atoms with Crippen molar-refractivity contribution in [2.24, 2.45) is 5.73 Å². The summed E-state index contributed by atoms with van der Waals surface area (Å²) in [5, 5.41) is 0. The van der Waals surface area contributed by atoms with Gasteiger partial charge in [0.15, 0.2) is 0 Å². The SMILES string of the molecule is NC(=O)c1cc(N)cc(OC(F)(F)F)c1Br. The molecule has 0 aromatic heterocycles. The van der Waals surface area contributed by atoms with E-state index in [4.69, 9.17) is 11.5 Å². The smallest absolute Gasteiger partial charge is 0.404 e. The first-order valence-electron chi connectivity index (χ1n) is 3.85. The third-order valence-corrected chi connectivity index (χ3v) is 2.37. The van der Waals surface area contributed by atoms with Gasteiger partial charge >= 0.3 is 6.36 Å². The lowest BCUT2D eigenvalue weighted by molar-refractivity contribution is -0.274. The fraction of sp³-hybridized carbons (Fsp3) is 0.125. The van der Waals surface area contributed by atoms with Crippen molar-refractivity contribution in [2.45, 2.75) is 6.36 Å². The zero-order valence-electron chi connectivity index (χ0n) is 7.64. The second-order valence-electron chi connectivity index (χ2n) is 2.79. The first-order valence-corrected chi connectivity index (χ1v) is 4.64. The van der Waals surface area contributed by atoms with E-state index in [0.717, 1.165) is 12.1 Å². The van der Waals surface area contributed by atoms with E-state index < -0.39 is 18.0 Å². The summed E-state index contributed by atoms with van der Waals surface area (Å²) in [7, 11) is 0. The maximum absolute atomic E-state index is 12.0. The first kappa shape index (κ1) is 12.6. The number of nitrogens with two attached hydrogens (primary N) is 2. The summed E-state index contributed by atoms with van der Waals surface area (Å²) >= 11 is 2.79. The second-order valence-corrected chi connectivity index (χ2v) is 3.59. The molecule has 0 radical (unpaired) electrons. The Labute approximate surface area is 96.5 Å². The number of carbonyl (C=O) groups excluding carboxylic acids is 1.